The third kappa shape index (κ3) is 3.60. The van der Waals surface area contributed by atoms with Gasteiger partial charge in [-0.25, -0.2) is 0 Å². The summed E-state index contributed by atoms with van der Waals surface area (Å²) in [5, 5.41) is 12.2. The van der Waals surface area contributed by atoms with E-state index in [1.165, 1.54) is 23.1 Å². The van der Waals surface area contributed by atoms with E-state index in [9.17, 15) is 4.79 Å². The summed E-state index contributed by atoms with van der Waals surface area (Å²) in [5.41, 5.74) is 0. The predicted octanol–water partition coefficient (Wildman–Crippen LogP) is 3.95. The number of aromatic nitrogens is 2. The molecule has 1 fully saturated rings. The molecule has 0 radical (unpaired) electrons. The van der Waals surface area contributed by atoms with Crippen LogP contribution in [0.3, 0.4) is 0 Å². The second-order valence-corrected chi connectivity index (χ2v) is 7.59. The summed E-state index contributed by atoms with van der Waals surface area (Å²) in [6.07, 6.45) is 4.42. The third-order valence-electron chi connectivity index (χ3n) is 2.97. The molecule has 0 unspecified atom stereocenters. The molecule has 0 aliphatic carbocycles. The summed E-state index contributed by atoms with van der Waals surface area (Å²) >= 11 is 4.40. The Kier molecular flexibility index (Phi) is 5.04. The maximum Gasteiger partial charge on any atom is 0.267 e. The molecule has 3 heterocycles. The molecule has 2 aromatic heterocycles. The standard InChI is InChI=1S/C15H14N4OS3/c1-3-7-19-13(20)11(9-10-6-5-8-21-10)22-15(19)16-14-18-17-12(4-2)23-14/h3,5-6,8-9H,1,4,7H2,2H3/b11-9+,16-15+. The van der Waals surface area contributed by atoms with E-state index in [1.807, 2.05) is 30.5 Å². The van der Waals surface area contributed by atoms with Crippen molar-refractivity contribution in [2.75, 3.05) is 6.54 Å². The average Bonchev–Trinajstić information content (AvgIpc) is 3.26. The fourth-order valence-corrected chi connectivity index (χ4v) is 4.32. The van der Waals surface area contributed by atoms with Crippen LogP contribution >= 0.6 is 34.4 Å². The highest BCUT2D eigenvalue weighted by atomic mass is 32.2. The Bertz CT molecular complexity index is 777. The average molecular weight is 363 g/mol. The zero-order valence-corrected chi connectivity index (χ0v) is 14.9. The smallest absolute Gasteiger partial charge is 0.267 e. The van der Waals surface area contributed by atoms with Crippen LogP contribution in [0.4, 0.5) is 5.13 Å². The number of thioether (sulfide) groups is 1. The molecule has 1 saturated heterocycles. The van der Waals surface area contributed by atoms with Crippen molar-refractivity contribution in [2.24, 2.45) is 4.99 Å². The van der Waals surface area contributed by atoms with Crippen molar-refractivity contribution in [3.63, 3.8) is 0 Å². The number of nitrogens with zero attached hydrogens (tertiary/aromatic N) is 4. The first-order chi connectivity index (χ1) is 11.2. The van der Waals surface area contributed by atoms with Gasteiger partial charge in [-0.3, -0.25) is 9.69 Å². The minimum absolute atomic E-state index is 0.0534. The molecule has 1 aliphatic rings. The van der Waals surface area contributed by atoms with E-state index < -0.39 is 0 Å². The second kappa shape index (κ2) is 7.20. The summed E-state index contributed by atoms with van der Waals surface area (Å²) in [4.78, 5) is 20.4. The minimum atomic E-state index is -0.0534. The van der Waals surface area contributed by atoms with Gasteiger partial charge < -0.3 is 0 Å². The first-order valence-corrected chi connectivity index (χ1v) is 9.49. The zero-order chi connectivity index (χ0) is 16.2. The number of aryl methyl sites for hydroxylation is 1. The normalized spacial score (nSPS) is 18.3. The molecule has 23 heavy (non-hydrogen) atoms. The van der Waals surface area contributed by atoms with Gasteiger partial charge in [0.15, 0.2) is 5.17 Å². The fourth-order valence-electron chi connectivity index (χ4n) is 1.90. The lowest BCUT2D eigenvalue weighted by Crippen LogP contribution is -2.29. The van der Waals surface area contributed by atoms with Gasteiger partial charge in [0.2, 0.25) is 5.13 Å². The number of thiophene rings is 1. The molecule has 0 spiro atoms. The predicted molar refractivity (Wildman–Crippen MR) is 98.2 cm³/mol. The minimum Gasteiger partial charge on any atom is -0.282 e. The molecular weight excluding hydrogens is 348 g/mol. The summed E-state index contributed by atoms with van der Waals surface area (Å²) in [6.45, 7) is 6.16. The highest BCUT2D eigenvalue weighted by molar-refractivity contribution is 8.18. The van der Waals surface area contributed by atoms with Crippen molar-refractivity contribution in [2.45, 2.75) is 13.3 Å². The first-order valence-electron chi connectivity index (χ1n) is 6.98. The largest absolute Gasteiger partial charge is 0.282 e. The van der Waals surface area contributed by atoms with Crippen molar-refractivity contribution < 1.29 is 4.79 Å². The second-order valence-electron chi connectivity index (χ2n) is 4.56. The lowest BCUT2D eigenvalue weighted by atomic mass is 10.3. The van der Waals surface area contributed by atoms with Gasteiger partial charge in [-0.05, 0) is 35.7 Å². The van der Waals surface area contributed by atoms with E-state index in [-0.39, 0.29) is 5.91 Å². The number of hydrogen-bond donors (Lipinski definition) is 0. The van der Waals surface area contributed by atoms with Gasteiger partial charge in [-0.1, -0.05) is 30.4 Å². The van der Waals surface area contributed by atoms with Gasteiger partial charge in [-0.2, -0.15) is 4.99 Å². The monoisotopic (exact) mass is 362 g/mol. The molecular formula is C15H14N4OS3. The van der Waals surface area contributed by atoms with E-state index in [0.717, 1.165) is 16.3 Å². The topological polar surface area (TPSA) is 58.5 Å². The lowest BCUT2D eigenvalue weighted by Gasteiger charge is -2.11. The SMILES string of the molecule is C=CCN1C(=O)/C(=C\c2cccs2)S/C1=N/c1nnc(CC)s1. The Morgan fingerprint density at radius 2 is 2.30 bits per heavy atom. The first kappa shape index (κ1) is 16.1. The van der Waals surface area contributed by atoms with Gasteiger partial charge >= 0.3 is 0 Å². The van der Waals surface area contributed by atoms with Crippen LogP contribution in [0.25, 0.3) is 6.08 Å². The number of aliphatic imine (C=N–C) groups is 1. The van der Waals surface area contributed by atoms with Gasteiger partial charge in [0.05, 0.1) is 4.91 Å². The number of carbonyl (C=O) groups is 1. The maximum atomic E-state index is 12.6. The number of amides is 1. The van der Waals surface area contributed by atoms with Crippen molar-refractivity contribution in [3.8, 4) is 0 Å². The van der Waals surface area contributed by atoms with Crippen molar-refractivity contribution in [3.05, 3.63) is 45.0 Å². The Labute approximate surface area is 146 Å². The van der Waals surface area contributed by atoms with Crippen LogP contribution in [0.2, 0.25) is 0 Å². The van der Waals surface area contributed by atoms with Crippen LogP contribution < -0.4 is 0 Å². The number of carbonyl (C=O) groups excluding carboxylic acids is 1. The zero-order valence-electron chi connectivity index (χ0n) is 12.4. The van der Waals surface area contributed by atoms with E-state index in [0.29, 0.717) is 21.7 Å². The molecule has 5 nitrogen and oxygen atoms in total. The quantitative estimate of drug-likeness (QED) is 0.597. The lowest BCUT2D eigenvalue weighted by molar-refractivity contribution is -0.121. The highest BCUT2D eigenvalue weighted by Gasteiger charge is 2.33. The van der Waals surface area contributed by atoms with E-state index in [1.54, 1.807) is 22.3 Å². The van der Waals surface area contributed by atoms with Crippen LogP contribution in [-0.4, -0.2) is 32.7 Å². The fraction of sp³-hybridized carbons (Fsp3) is 0.200. The van der Waals surface area contributed by atoms with Crippen LogP contribution in [0.1, 0.15) is 16.8 Å². The number of hydrogen-bond acceptors (Lipinski definition) is 7. The number of amidine groups is 1. The molecule has 0 saturated carbocycles. The van der Waals surface area contributed by atoms with Gasteiger partial charge in [0.25, 0.3) is 5.91 Å². The molecule has 0 bridgehead atoms. The molecule has 0 N–H and O–H groups in total. The van der Waals surface area contributed by atoms with Crippen LogP contribution in [0.15, 0.2) is 40.1 Å². The Balaban J connectivity index is 1.91. The Morgan fingerprint density at radius 1 is 1.43 bits per heavy atom. The Morgan fingerprint density at radius 3 is 2.96 bits per heavy atom. The molecule has 1 aliphatic heterocycles. The van der Waals surface area contributed by atoms with Crippen molar-refractivity contribution in [1.29, 1.82) is 0 Å². The molecule has 2 aromatic rings. The molecule has 1 amide bonds. The van der Waals surface area contributed by atoms with Crippen LogP contribution in [-0.2, 0) is 11.2 Å². The van der Waals surface area contributed by atoms with Gasteiger partial charge in [0, 0.05) is 11.4 Å². The van der Waals surface area contributed by atoms with E-state index in [4.69, 9.17) is 0 Å². The van der Waals surface area contributed by atoms with E-state index >= 15 is 0 Å². The molecule has 0 aromatic carbocycles. The molecule has 0 atom stereocenters. The summed E-state index contributed by atoms with van der Waals surface area (Å²) in [6, 6.07) is 3.95. The van der Waals surface area contributed by atoms with Crippen molar-refractivity contribution >= 4 is 56.7 Å². The summed E-state index contributed by atoms with van der Waals surface area (Å²) in [7, 11) is 0. The van der Waals surface area contributed by atoms with Gasteiger partial charge in [0.1, 0.15) is 5.01 Å². The Hall–Kier alpha value is -1.77. The van der Waals surface area contributed by atoms with E-state index in [2.05, 4.69) is 21.8 Å². The molecule has 3 rings (SSSR count). The summed E-state index contributed by atoms with van der Waals surface area (Å²) < 4.78 is 0. The summed E-state index contributed by atoms with van der Waals surface area (Å²) in [5.74, 6) is -0.0534. The third-order valence-corrected chi connectivity index (χ3v) is 5.75. The molecule has 118 valence electrons. The molecule has 8 heteroatoms. The van der Waals surface area contributed by atoms with Gasteiger partial charge in [-0.15, -0.1) is 28.1 Å². The van der Waals surface area contributed by atoms with Crippen LogP contribution in [0, 0.1) is 0 Å². The number of rotatable bonds is 5. The van der Waals surface area contributed by atoms with Crippen molar-refractivity contribution in [1.82, 2.24) is 15.1 Å². The highest BCUT2D eigenvalue weighted by Crippen LogP contribution is 2.35. The maximum absolute atomic E-state index is 12.6. The van der Waals surface area contributed by atoms with Crippen LogP contribution in [0.5, 0.6) is 0 Å².